The fraction of sp³-hybridized carbons (Fsp3) is 0.308. The molecule has 0 saturated heterocycles. The van der Waals surface area contributed by atoms with E-state index in [1.807, 2.05) is 45.0 Å². The smallest absolute Gasteiger partial charge is 0.312 e. The Hall–Kier alpha value is -3.72. The van der Waals surface area contributed by atoms with Crippen LogP contribution in [0.15, 0.2) is 65.9 Å². The van der Waals surface area contributed by atoms with Crippen LogP contribution in [0.5, 0.6) is 0 Å². The second kappa shape index (κ2) is 13.2. The number of amides is 1. The first kappa shape index (κ1) is 27.5. The van der Waals surface area contributed by atoms with E-state index in [4.69, 9.17) is 0 Å². The fourth-order valence-electron chi connectivity index (χ4n) is 3.45. The largest absolute Gasteiger partial charge is 0.392 e. The van der Waals surface area contributed by atoms with Crippen LogP contribution in [-0.4, -0.2) is 48.4 Å². The van der Waals surface area contributed by atoms with Crippen molar-refractivity contribution in [2.75, 3.05) is 24.7 Å². The minimum atomic E-state index is -2.61. The van der Waals surface area contributed by atoms with Crippen LogP contribution in [0.25, 0.3) is 5.57 Å². The number of nitrogens with zero attached hydrogens (tertiary/aromatic N) is 2. The molecule has 2 rings (SSSR count). The summed E-state index contributed by atoms with van der Waals surface area (Å²) in [6.45, 7) is 2.82. The Morgan fingerprint density at radius 2 is 1.77 bits per heavy atom. The van der Waals surface area contributed by atoms with Crippen LogP contribution in [0.4, 0.5) is 20.2 Å². The highest BCUT2D eigenvalue weighted by Crippen LogP contribution is 2.20. The number of anilines is 2. The van der Waals surface area contributed by atoms with Gasteiger partial charge in [0.2, 0.25) is 0 Å². The number of carbonyl (C=O) groups excluding carboxylic acids is 1. The molecule has 0 aliphatic heterocycles. The van der Waals surface area contributed by atoms with Crippen molar-refractivity contribution in [2.45, 2.75) is 40.1 Å². The van der Waals surface area contributed by atoms with Gasteiger partial charge in [-0.3, -0.25) is 9.79 Å². The molecule has 7 nitrogen and oxygen atoms in total. The lowest BCUT2D eigenvalue weighted by atomic mass is 10.1. The van der Waals surface area contributed by atoms with Crippen LogP contribution >= 0.6 is 0 Å². The summed E-state index contributed by atoms with van der Waals surface area (Å²) in [5.74, 6) is -0.264. The first-order valence-corrected chi connectivity index (χ1v) is 11.1. The molecule has 0 bridgehead atoms. The molecule has 1 amide bonds. The maximum atomic E-state index is 12.5. The van der Waals surface area contributed by atoms with Gasteiger partial charge < -0.3 is 26.0 Å². The Kier molecular flexibility index (Phi) is 10.4. The van der Waals surface area contributed by atoms with E-state index in [1.165, 1.54) is 0 Å². The third-order valence-corrected chi connectivity index (χ3v) is 5.32. The predicted octanol–water partition coefficient (Wildman–Crippen LogP) is 4.90. The summed E-state index contributed by atoms with van der Waals surface area (Å²) in [4.78, 5) is 18.6. The lowest BCUT2D eigenvalue weighted by molar-refractivity contribution is 0.0960. The summed E-state index contributed by atoms with van der Waals surface area (Å²) in [7, 11) is 3.45. The molecule has 0 heterocycles. The third-order valence-electron chi connectivity index (χ3n) is 5.32. The molecule has 188 valence electrons. The summed E-state index contributed by atoms with van der Waals surface area (Å²) in [6.07, 6.45) is 5.24. The van der Waals surface area contributed by atoms with Gasteiger partial charge in [0.15, 0.2) is 0 Å². The van der Waals surface area contributed by atoms with Gasteiger partial charge in [-0.15, -0.1) is 0 Å². The summed E-state index contributed by atoms with van der Waals surface area (Å²) >= 11 is 0. The monoisotopic (exact) mass is 485 g/mol. The van der Waals surface area contributed by atoms with E-state index in [0.717, 1.165) is 22.5 Å². The molecular weight excluding hydrogens is 452 g/mol. The van der Waals surface area contributed by atoms with Crippen LogP contribution in [0.3, 0.4) is 0 Å². The molecule has 0 spiro atoms. The summed E-state index contributed by atoms with van der Waals surface area (Å²) in [6, 6.07) is 11.9. The Labute approximate surface area is 205 Å². The number of aliphatic hydroxyl groups is 1. The molecule has 2 aromatic rings. The van der Waals surface area contributed by atoms with Gasteiger partial charge in [0.1, 0.15) is 6.17 Å². The molecule has 0 saturated carbocycles. The van der Waals surface area contributed by atoms with Gasteiger partial charge in [-0.25, -0.2) is 0 Å². The maximum Gasteiger partial charge on any atom is 0.312 e. The van der Waals surface area contributed by atoms with Crippen molar-refractivity contribution in [1.82, 2.24) is 10.2 Å². The fourth-order valence-corrected chi connectivity index (χ4v) is 3.45. The highest BCUT2D eigenvalue weighted by molar-refractivity contribution is 5.96. The van der Waals surface area contributed by atoms with Gasteiger partial charge >= 0.3 is 6.55 Å². The molecule has 0 aliphatic carbocycles. The van der Waals surface area contributed by atoms with Crippen LogP contribution in [0.1, 0.15) is 42.3 Å². The van der Waals surface area contributed by atoms with Crippen LogP contribution in [-0.2, 0) is 6.61 Å². The van der Waals surface area contributed by atoms with E-state index in [1.54, 1.807) is 55.7 Å². The lowest BCUT2D eigenvalue weighted by Crippen LogP contribution is -2.40. The highest BCUT2D eigenvalue weighted by atomic mass is 19.3. The number of hydrogen-bond acceptors (Lipinski definition) is 6. The Morgan fingerprint density at radius 3 is 2.34 bits per heavy atom. The number of aliphatic hydroxyl groups excluding tert-OH is 1. The molecule has 9 heteroatoms. The standard InChI is InChI=1S/C26H33F2N5O2/c1-6-13-33(5)24(31-22-11-12-23(25(35)29-4)20(14-22)16-34)18(3)30-15-17(2)19-7-9-21(10-8-19)32-26(27)28/h6-15,24,26,31-32,34H,16H2,1-5H3,(H,29,35)/b13-6-,17-15+,30-18?. The zero-order valence-electron chi connectivity index (χ0n) is 20.6. The van der Waals surface area contributed by atoms with E-state index in [0.29, 0.717) is 16.8 Å². The number of allylic oxidation sites excluding steroid dienone is 2. The van der Waals surface area contributed by atoms with Crippen molar-refractivity contribution in [1.29, 1.82) is 0 Å². The average molecular weight is 486 g/mol. The van der Waals surface area contributed by atoms with Gasteiger partial charge in [0, 0.05) is 37.2 Å². The van der Waals surface area contributed by atoms with E-state index in [9.17, 15) is 18.7 Å². The molecule has 0 aromatic heterocycles. The van der Waals surface area contributed by atoms with Crippen LogP contribution in [0, 0.1) is 0 Å². The number of carbonyl (C=O) groups is 1. The van der Waals surface area contributed by atoms with Gasteiger partial charge in [-0.05, 0) is 74.0 Å². The highest BCUT2D eigenvalue weighted by Gasteiger charge is 2.17. The van der Waals surface area contributed by atoms with E-state index in [2.05, 4.69) is 20.9 Å². The quantitative estimate of drug-likeness (QED) is 0.207. The number of benzene rings is 2. The lowest BCUT2D eigenvalue weighted by Gasteiger charge is -2.29. The zero-order valence-corrected chi connectivity index (χ0v) is 20.6. The van der Waals surface area contributed by atoms with E-state index in [-0.39, 0.29) is 18.7 Å². The second-order valence-corrected chi connectivity index (χ2v) is 7.91. The van der Waals surface area contributed by atoms with Crippen molar-refractivity contribution in [2.24, 2.45) is 4.99 Å². The number of rotatable bonds is 11. The molecule has 0 aliphatic rings. The SMILES string of the molecule is C/C=C\N(C)C(Nc1ccc(C(=O)NC)c(CO)c1)C(C)=N/C=C(\C)c1ccc(NC(F)F)cc1. The van der Waals surface area contributed by atoms with Crippen molar-refractivity contribution < 1.29 is 18.7 Å². The number of alkyl halides is 2. The van der Waals surface area contributed by atoms with Gasteiger partial charge in [0.25, 0.3) is 5.91 Å². The third kappa shape index (κ3) is 7.92. The predicted molar refractivity (Wildman–Crippen MR) is 139 cm³/mol. The van der Waals surface area contributed by atoms with Crippen molar-refractivity contribution in [3.63, 3.8) is 0 Å². The molecule has 2 aromatic carbocycles. The molecule has 0 radical (unpaired) electrons. The average Bonchev–Trinajstić information content (AvgIpc) is 2.85. The minimum absolute atomic E-state index is 0.264. The molecule has 1 atom stereocenters. The number of hydrogen-bond donors (Lipinski definition) is 4. The van der Waals surface area contributed by atoms with Crippen LogP contribution in [0.2, 0.25) is 0 Å². The Morgan fingerprint density at radius 1 is 1.11 bits per heavy atom. The Bertz CT molecular complexity index is 1080. The number of nitrogens with one attached hydrogen (secondary N) is 3. The summed E-state index contributed by atoms with van der Waals surface area (Å²) < 4.78 is 24.9. The van der Waals surface area contributed by atoms with E-state index >= 15 is 0 Å². The zero-order chi connectivity index (χ0) is 26.0. The topological polar surface area (TPSA) is 89.0 Å². The first-order valence-electron chi connectivity index (χ1n) is 11.1. The maximum absolute atomic E-state index is 12.5. The van der Waals surface area contributed by atoms with Crippen molar-refractivity contribution in [3.8, 4) is 0 Å². The van der Waals surface area contributed by atoms with Gasteiger partial charge in [0.05, 0.1) is 12.3 Å². The van der Waals surface area contributed by atoms with E-state index < -0.39 is 6.55 Å². The summed E-state index contributed by atoms with van der Waals surface area (Å²) in [5.41, 5.74) is 4.50. The van der Waals surface area contributed by atoms with Crippen molar-refractivity contribution >= 4 is 28.6 Å². The first-order chi connectivity index (χ1) is 16.7. The minimum Gasteiger partial charge on any atom is -0.392 e. The molecule has 0 fully saturated rings. The number of aliphatic imine (C=N–C) groups is 1. The Balaban J connectivity index is 2.29. The number of halogens is 2. The van der Waals surface area contributed by atoms with Gasteiger partial charge in [-0.1, -0.05) is 18.2 Å². The molecule has 4 N–H and O–H groups in total. The molecular formula is C26H33F2N5O2. The summed E-state index contributed by atoms with van der Waals surface area (Å²) in [5, 5.41) is 17.8. The molecule has 1 unspecified atom stereocenters. The van der Waals surface area contributed by atoms with Crippen LogP contribution < -0.4 is 16.0 Å². The second-order valence-electron chi connectivity index (χ2n) is 7.91. The van der Waals surface area contributed by atoms with Crippen molar-refractivity contribution in [3.05, 3.63) is 77.6 Å². The molecule has 35 heavy (non-hydrogen) atoms. The van der Waals surface area contributed by atoms with Gasteiger partial charge in [-0.2, -0.15) is 8.78 Å². The normalized spacial score (nSPS) is 13.2.